The fraction of sp³-hybridized carbons (Fsp3) is 0.125. The minimum absolute atomic E-state index is 0.137. The summed E-state index contributed by atoms with van der Waals surface area (Å²) >= 11 is 5.83. The molecule has 2 aromatic rings. The molecule has 0 radical (unpaired) electrons. The maximum Gasteiger partial charge on any atom is 0.350 e. The van der Waals surface area contributed by atoms with E-state index in [4.69, 9.17) is 26.3 Å². The summed E-state index contributed by atoms with van der Waals surface area (Å²) in [7, 11) is 0. The molecule has 122 valence electrons. The van der Waals surface area contributed by atoms with Crippen LogP contribution in [0.4, 0.5) is 5.69 Å². The smallest absolute Gasteiger partial charge is 0.350 e. The molecule has 0 aromatic carbocycles. The Morgan fingerprint density at radius 1 is 1.42 bits per heavy atom. The molecule has 0 aliphatic carbocycles. The second-order valence-electron chi connectivity index (χ2n) is 4.36. The Morgan fingerprint density at radius 3 is 2.88 bits per heavy atom. The van der Waals surface area contributed by atoms with Crippen molar-refractivity contribution in [1.29, 1.82) is 5.26 Å². The minimum atomic E-state index is -0.686. The van der Waals surface area contributed by atoms with Crippen molar-refractivity contribution in [3.63, 3.8) is 0 Å². The van der Waals surface area contributed by atoms with Crippen molar-refractivity contribution in [1.82, 2.24) is 9.97 Å². The van der Waals surface area contributed by atoms with Crippen molar-refractivity contribution in [3.8, 4) is 17.7 Å². The highest BCUT2D eigenvalue weighted by Gasteiger charge is 2.09. The first-order valence-corrected chi connectivity index (χ1v) is 7.28. The molecule has 0 fully saturated rings. The molecule has 2 heterocycles. The number of carbonyl (C=O) groups is 1. The van der Waals surface area contributed by atoms with E-state index < -0.39 is 5.97 Å². The van der Waals surface area contributed by atoms with E-state index in [0.717, 1.165) is 0 Å². The van der Waals surface area contributed by atoms with Crippen molar-refractivity contribution in [2.45, 2.75) is 6.92 Å². The third kappa shape index (κ3) is 4.97. The number of aromatic nitrogens is 2. The van der Waals surface area contributed by atoms with Gasteiger partial charge in [-0.05, 0) is 13.0 Å². The predicted octanol–water partition coefficient (Wildman–Crippen LogP) is 3.30. The first kappa shape index (κ1) is 17.2. The Kier molecular flexibility index (Phi) is 6.11. The largest absolute Gasteiger partial charge is 0.462 e. The van der Waals surface area contributed by atoms with Crippen molar-refractivity contribution in [2.75, 3.05) is 11.9 Å². The van der Waals surface area contributed by atoms with Gasteiger partial charge in [-0.3, -0.25) is 4.98 Å². The van der Waals surface area contributed by atoms with E-state index in [2.05, 4.69) is 15.3 Å². The second kappa shape index (κ2) is 8.50. The van der Waals surface area contributed by atoms with Gasteiger partial charge in [0.25, 0.3) is 0 Å². The van der Waals surface area contributed by atoms with Gasteiger partial charge in [0.2, 0.25) is 5.88 Å². The van der Waals surface area contributed by atoms with Gasteiger partial charge >= 0.3 is 5.97 Å². The third-order valence-corrected chi connectivity index (χ3v) is 2.84. The van der Waals surface area contributed by atoms with Crippen LogP contribution >= 0.6 is 11.6 Å². The number of pyridine rings is 2. The number of halogens is 1. The Bertz CT molecular complexity index is 785. The van der Waals surface area contributed by atoms with Gasteiger partial charge in [0, 0.05) is 24.5 Å². The number of anilines is 1. The van der Waals surface area contributed by atoms with Crippen LogP contribution in [0.2, 0.25) is 5.02 Å². The van der Waals surface area contributed by atoms with Crippen LogP contribution in [0.3, 0.4) is 0 Å². The molecule has 1 N–H and O–H groups in total. The Hall–Kier alpha value is -3.11. The highest BCUT2D eigenvalue weighted by atomic mass is 35.5. The highest BCUT2D eigenvalue weighted by Crippen LogP contribution is 2.22. The number of carbonyl (C=O) groups excluding carboxylic acids is 1. The van der Waals surface area contributed by atoms with E-state index in [0.29, 0.717) is 22.3 Å². The third-order valence-electron chi connectivity index (χ3n) is 2.64. The van der Waals surface area contributed by atoms with Crippen molar-refractivity contribution >= 4 is 23.3 Å². The quantitative estimate of drug-likeness (QED) is 0.487. The molecule has 0 aliphatic heterocycles. The Balaban J connectivity index is 2.01. The van der Waals surface area contributed by atoms with Crippen LogP contribution in [-0.4, -0.2) is 22.5 Å². The van der Waals surface area contributed by atoms with Gasteiger partial charge in [0.1, 0.15) is 11.8 Å². The van der Waals surface area contributed by atoms with Crippen molar-refractivity contribution in [3.05, 3.63) is 53.6 Å². The monoisotopic (exact) mass is 344 g/mol. The number of hydrogen-bond acceptors (Lipinski definition) is 7. The topological polar surface area (TPSA) is 97.1 Å². The molecule has 0 aliphatic rings. The minimum Gasteiger partial charge on any atom is -0.462 e. The van der Waals surface area contributed by atoms with Crippen molar-refractivity contribution < 1.29 is 14.3 Å². The molecule has 0 saturated carbocycles. The highest BCUT2D eigenvalue weighted by molar-refractivity contribution is 6.30. The van der Waals surface area contributed by atoms with Gasteiger partial charge in [0.15, 0.2) is 5.57 Å². The zero-order chi connectivity index (χ0) is 17.4. The first-order valence-electron chi connectivity index (χ1n) is 6.90. The summed E-state index contributed by atoms with van der Waals surface area (Å²) in [6.07, 6.45) is 5.76. The van der Waals surface area contributed by atoms with E-state index in [1.54, 1.807) is 31.2 Å². The molecular formula is C16H13ClN4O3. The maximum absolute atomic E-state index is 11.5. The zero-order valence-electron chi connectivity index (χ0n) is 12.7. The van der Waals surface area contributed by atoms with E-state index >= 15 is 0 Å². The van der Waals surface area contributed by atoms with Gasteiger partial charge in [-0.15, -0.1) is 0 Å². The predicted molar refractivity (Wildman–Crippen MR) is 87.5 cm³/mol. The fourth-order valence-corrected chi connectivity index (χ4v) is 1.76. The molecule has 0 atom stereocenters. The van der Waals surface area contributed by atoms with E-state index in [-0.39, 0.29) is 12.2 Å². The standard InChI is InChI=1S/C16H13ClN4O3/c1-2-23-16(22)11(6-18)7-20-13-3-4-15(21-9-13)24-14-5-12(17)8-19-10-14/h3-5,7-10,20H,2H2,1H3/b11-7+. The molecule has 0 saturated heterocycles. The van der Waals surface area contributed by atoms with Crippen molar-refractivity contribution in [2.24, 2.45) is 0 Å². The summed E-state index contributed by atoms with van der Waals surface area (Å²) in [6, 6.07) is 6.68. The molecule has 0 amide bonds. The van der Waals surface area contributed by atoms with Gasteiger partial charge in [-0.25, -0.2) is 9.78 Å². The van der Waals surface area contributed by atoms with Gasteiger partial charge in [-0.2, -0.15) is 5.26 Å². The summed E-state index contributed by atoms with van der Waals surface area (Å²) < 4.78 is 10.3. The number of nitrogens with zero attached hydrogens (tertiary/aromatic N) is 3. The lowest BCUT2D eigenvalue weighted by molar-refractivity contribution is -0.138. The average molecular weight is 345 g/mol. The first-order chi connectivity index (χ1) is 11.6. The Labute approximate surface area is 143 Å². The van der Waals surface area contributed by atoms with Crippen LogP contribution in [0.25, 0.3) is 0 Å². The van der Waals surface area contributed by atoms with Crippen LogP contribution in [0.15, 0.2) is 48.6 Å². The summed E-state index contributed by atoms with van der Waals surface area (Å²) in [6.45, 7) is 1.86. The molecule has 2 rings (SSSR count). The molecule has 0 spiro atoms. The van der Waals surface area contributed by atoms with Crippen LogP contribution in [0.1, 0.15) is 6.92 Å². The van der Waals surface area contributed by atoms with Gasteiger partial charge in [-0.1, -0.05) is 11.6 Å². The lowest BCUT2D eigenvalue weighted by Gasteiger charge is -2.06. The number of esters is 1. The molecule has 8 heteroatoms. The van der Waals surface area contributed by atoms with E-state index in [1.165, 1.54) is 24.8 Å². The molecule has 2 aromatic heterocycles. The van der Waals surface area contributed by atoms with Crippen LogP contribution in [-0.2, 0) is 9.53 Å². The second-order valence-corrected chi connectivity index (χ2v) is 4.80. The normalized spacial score (nSPS) is 10.6. The van der Waals surface area contributed by atoms with Crippen LogP contribution < -0.4 is 10.1 Å². The summed E-state index contributed by atoms with van der Waals surface area (Å²) in [5, 5.41) is 12.2. The maximum atomic E-state index is 11.5. The molecule has 0 unspecified atom stereocenters. The number of ether oxygens (including phenoxy) is 2. The molecule has 7 nitrogen and oxygen atoms in total. The van der Waals surface area contributed by atoms with Crippen LogP contribution in [0, 0.1) is 11.3 Å². The van der Waals surface area contributed by atoms with Gasteiger partial charge in [0.05, 0.1) is 29.7 Å². The summed E-state index contributed by atoms with van der Waals surface area (Å²) in [4.78, 5) is 19.5. The SMILES string of the molecule is CCOC(=O)/C(C#N)=C/Nc1ccc(Oc2cncc(Cl)c2)nc1. The fourth-order valence-electron chi connectivity index (χ4n) is 1.60. The summed E-state index contributed by atoms with van der Waals surface area (Å²) in [5.74, 6) is 0.123. The van der Waals surface area contributed by atoms with E-state index in [9.17, 15) is 4.79 Å². The Morgan fingerprint density at radius 2 is 2.25 bits per heavy atom. The lowest BCUT2D eigenvalue weighted by Crippen LogP contribution is -2.07. The number of rotatable bonds is 6. The molecular weight excluding hydrogens is 332 g/mol. The number of hydrogen-bond donors (Lipinski definition) is 1. The average Bonchev–Trinajstić information content (AvgIpc) is 2.57. The lowest BCUT2D eigenvalue weighted by atomic mass is 10.3. The number of nitriles is 1. The zero-order valence-corrected chi connectivity index (χ0v) is 13.4. The van der Waals surface area contributed by atoms with E-state index in [1.807, 2.05) is 0 Å². The molecule has 0 bridgehead atoms. The summed E-state index contributed by atoms with van der Waals surface area (Å²) in [5.41, 5.74) is 0.436. The van der Waals surface area contributed by atoms with Crippen LogP contribution in [0.5, 0.6) is 11.6 Å². The number of nitrogens with one attached hydrogen (secondary N) is 1. The van der Waals surface area contributed by atoms with Gasteiger partial charge < -0.3 is 14.8 Å². The molecule has 24 heavy (non-hydrogen) atoms.